The SMILES string of the molecule is COc1ccc(OCCOc2cc(C=NO)ccc2OC)c(C(C)(C)C)c1. The van der Waals surface area contributed by atoms with Crippen molar-refractivity contribution in [1.82, 2.24) is 0 Å². The quantitative estimate of drug-likeness (QED) is 0.324. The molecule has 0 radical (unpaired) electrons. The Bertz CT molecular complexity index is 781. The molecule has 0 unspecified atom stereocenters. The molecule has 6 nitrogen and oxygen atoms in total. The van der Waals surface area contributed by atoms with E-state index in [1.165, 1.54) is 6.21 Å². The smallest absolute Gasteiger partial charge is 0.161 e. The molecule has 0 aliphatic rings. The Morgan fingerprint density at radius 3 is 2.15 bits per heavy atom. The molecule has 0 saturated carbocycles. The molecule has 6 heteroatoms. The third-order valence-electron chi connectivity index (χ3n) is 3.99. The second-order valence-corrected chi connectivity index (χ2v) is 6.96. The van der Waals surface area contributed by atoms with Crippen molar-refractivity contribution in [2.45, 2.75) is 26.2 Å². The van der Waals surface area contributed by atoms with E-state index in [1.54, 1.807) is 32.4 Å². The van der Waals surface area contributed by atoms with E-state index in [0.29, 0.717) is 30.3 Å². The minimum absolute atomic E-state index is 0.0775. The van der Waals surface area contributed by atoms with E-state index in [4.69, 9.17) is 24.2 Å². The van der Waals surface area contributed by atoms with Crippen molar-refractivity contribution >= 4 is 6.21 Å². The molecule has 0 aromatic heterocycles. The number of benzene rings is 2. The van der Waals surface area contributed by atoms with Gasteiger partial charge in [-0.2, -0.15) is 0 Å². The number of methoxy groups -OCH3 is 2. The fraction of sp³-hybridized carbons (Fsp3) is 0.381. The highest BCUT2D eigenvalue weighted by atomic mass is 16.5. The van der Waals surface area contributed by atoms with Gasteiger partial charge in [-0.15, -0.1) is 0 Å². The molecular weight excluding hydrogens is 346 g/mol. The zero-order valence-corrected chi connectivity index (χ0v) is 16.5. The largest absolute Gasteiger partial charge is 0.497 e. The van der Waals surface area contributed by atoms with Crippen LogP contribution in [0.4, 0.5) is 0 Å². The molecular formula is C21H27NO5. The highest BCUT2D eigenvalue weighted by Gasteiger charge is 2.20. The van der Waals surface area contributed by atoms with Crippen molar-refractivity contribution < 1.29 is 24.2 Å². The van der Waals surface area contributed by atoms with Gasteiger partial charge >= 0.3 is 0 Å². The summed E-state index contributed by atoms with van der Waals surface area (Å²) in [7, 11) is 3.23. The van der Waals surface area contributed by atoms with Crippen molar-refractivity contribution in [1.29, 1.82) is 0 Å². The maximum absolute atomic E-state index is 8.67. The summed E-state index contributed by atoms with van der Waals surface area (Å²) in [6.45, 7) is 7.10. The predicted octanol–water partition coefficient (Wildman–Crippen LogP) is 4.27. The zero-order valence-electron chi connectivity index (χ0n) is 16.5. The number of hydrogen-bond donors (Lipinski definition) is 1. The van der Waals surface area contributed by atoms with Crippen molar-refractivity contribution in [3.8, 4) is 23.0 Å². The van der Waals surface area contributed by atoms with Crippen molar-refractivity contribution in [2.24, 2.45) is 5.16 Å². The van der Waals surface area contributed by atoms with Gasteiger partial charge in [0.2, 0.25) is 0 Å². The van der Waals surface area contributed by atoms with Gasteiger partial charge in [0.15, 0.2) is 11.5 Å². The molecule has 2 aromatic rings. The van der Waals surface area contributed by atoms with E-state index in [0.717, 1.165) is 17.1 Å². The molecule has 2 rings (SSSR count). The van der Waals surface area contributed by atoms with Gasteiger partial charge in [-0.25, -0.2) is 0 Å². The molecule has 0 saturated heterocycles. The van der Waals surface area contributed by atoms with Crippen molar-refractivity contribution in [3.05, 3.63) is 47.5 Å². The molecule has 0 spiro atoms. The van der Waals surface area contributed by atoms with Crippen LogP contribution in [-0.2, 0) is 5.41 Å². The Morgan fingerprint density at radius 1 is 0.889 bits per heavy atom. The molecule has 0 aliphatic heterocycles. The predicted molar refractivity (Wildman–Crippen MR) is 105 cm³/mol. The normalized spacial score (nSPS) is 11.4. The molecule has 0 heterocycles. The average molecular weight is 373 g/mol. The van der Waals surface area contributed by atoms with Gasteiger partial charge in [0.05, 0.1) is 20.4 Å². The number of nitrogens with zero attached hydrogens (tertiary/aromatic N) is 1. The first-order valence-corrected chi connectivity index (χ1v) is 8.68. The van der Waals surface area contributed by atoms with Crippen LogP contribution in [0.1, 0.15) is 31.9 Å². The van der Waals surface area contributed by atoms with E-state index in [1.807, 2.05) is 18.2 Å². The Balaban J connectivity index is 2.04. The topological polar surface area (TPSA) is 69.5 Å². The summed E-state index contributed by atoms with van der Waals surface area (Å²) in [5, 5.41) is 11.7. The van der Waals surface area contributed by atoms with Gasteiger partial charge in [-0.3, -0.25) is 0 Å². The van der Waals surface area contributed by atoms with Crippen LogP contribution in [0.25, 0.3) is 0 Å². The van der Waals surface area contributed by atoms with Crippen LogP contribution >= 0.6 is 0 Å². The molecule has 2 aromatic carbocycles. The molecule has 0 bridgehead atoms. The van der Waals surface area contributed by atoms with Crippen LogP contribution in [0.3, 0.4) is 0 Å². The first-order chi connectivity index (χ1) is 12.9. The fourth-order valence-corrected chi connectivity index (χ4v) is 2.60. The zero-order chi connectivity index (χ0) is 19.9. The van der Waals surface area contributed by atoms with Crippen LogP contribution in [-0.4, -0.2) is 38.9 Å². The van der Waals surface area contributed by atoms with E-state index in [2.05, 4.69) is 25.9 Å². The van der Waals surface area contributed by atoms with Crippen LogP contribution in [0.5, 0.6) is 23.0 Å². The molecule has 27 heavy (non-hydrogen) atoms. The number of hydrogen-bond acceptors (Lipinski definition) is 6. The maximum atomic E-state index is 8.67. The van der Waals surface area contributed by atoms with Gasteiger partial charge in [-0.1, -0.05) is 25.9 Å². The fourth-order valence-electron chi connectivity index (χ4n) is 2.60. The average Bonchev–Trinajstić information content (AvgIpc) is 2.65. The van der Waals surface area contributed by atoms with E-state index in [9.17, 15) is 0 Å². The number of ether oxygens (including phenoxy) is 4. The van der Waals surface area contributed by atoms with E-state index < -0.39 is 0 Å². The Kier molecular flexibility index (Phi) is 6.93. The van der Waals surface area contributed by atoms with Gasteiger partial charge in [0, 0.05) is 11.1 Å². The lowest BCUT2D eigenvalue weighted by Gasteiger charge is -2.23. The number of oxime groups is 1. The van der Waals surface area contributed by atoms with Gasteiger partial charge < -0.3 is 24.2 Å². The molecule has 146 valence electrons. The summed E-state index contributed by atoms with van der Waals surface area (Å²) in [6.07, 6.45) is 1.33. The lowest BCUT2D eigenvalue weighted by molar-refractivity contribution is 0.208. The summed E-state index contributed by atoms with van der Waals surface area (Å²) < 4.78 is 22.4. The third-order valence-corrected chi connectivity index (χ3v) is 3.99. The van der Waals surface area contributed by atoms with Crippen LogP contribution in [0.15, 0.2) is 41.6 Å². The minimum Gasteiger partial charge on any atom is -0.497 e. The van der Waals surface area contributed by atoms with Crippen LogP contribution in [0.2, 0.25) is 0 Å². The Morgan fingerprint density at radius 2 is 1.56 bits per heavy atom. The first-order valence-electron chi connectivity index (χ1n) is 8.68. The molecule has 0 amide bonds. The van der Waals surface area contributed by atoms with E-state index >= 15 is 0 Å². The second-order valence-electron chi connectivity index (χ2n) is 6.96. The molecule has 1 N–H and O–H groups in total. The summed E-state index contributed by atoms with van der Waals surface area (Å²) in [5.74, 6) is 2.77. The first kappa shape index (κ1) is 20.4. The summed E-state index contributed by atoms with van der Waals surface area (Å²) in [5.41, 5.74) is 1.70. The van der Waals surface area contributed by atoms with E-state index in [-0.39, 0.29) is 5.41 Å². The highest BCUT2D eigenvalue weighted by Crippen LogP contribution is 2.34. The lowest BCUT2D eigenvalue weighted by atomic mass is 9.86. The highest BCUT2D eigenvalue weighted by molar-refractivity contribution is 5.80. The van der Waals surface area contributed by atoms with Crippen LogP contribution < -0.4 is 18.9 Å². The minimum atomic E-state index is -0.0775. The second kappa shape index (κ2) is 9.16. The maximum Gasteiger partial charge on any atom is 0.161 e. The number of rotatable bonds is 8. The Labute approximate surface area is 160 Å². The monoisotopic (exact) mass is 373 g/mol. The van der Waals surface area contributed by atoms with Crippen LogP contribution in [0, 0.1) is 0 Å². The molecule has 0 aliphatic carbocycles. The lowest BCUT2D eigenvalue weighted by Crippen LogP contribution is -2.16. The summed E-state index contributed by atoms with van der Waals surface area (Å²) >= 11 is 0. The van der Waals surface area contributed by atoms with Gasteiger partial charge in [0.1, 0.15) is 24.7 Å². The van der Waals surface area contributed by atoms with Gasteiger partial charge in [-0.05, 0) is 41.8 Å². The molecule has 0 fully saturated rings. The van der Waals surface area contributed by atoms with Gasteiger partial charge in [0.25, 0.3) is 0 Å². The standard InChI is InChI=1S/C21H27NO5/c1-21(2,3)17-13-16(24-4)7-9-18(17)26-10-11-27-20-12-15(14-22-23)6-8-19(20)25-5/h6-9,12-14,23H,10-11H2,1-5H3. The third kappa shape index (κ3) is 5.54. The van der Waals surface area contributed by atoms with Crippen molar-refractivity contribution in [2.75, 3.05) is 27.4 Å². The van der Waals surface area contributed by atoms with Crippen molar-refractivity contribution in [3.63, 3.8) is 0 Å². The summed E-state index contributed by atoms with van der Waals surface area (Å²) in [4.78, 5) is 0. The Hall–Kier alpha value is -2.89. The molecule has 0 atom stereocenters. The summed E-state index contributed by atoms with van der Waals surface area (Å²) in [6, 6.07) is 11.1.